The molecule has 0 bridgehead atoms. The number of hydrogen-bond donors (Lipinski definition) is 0. The van der Waals surface area contributed by atoms with E-state index in [1.165, 1.54) is 16.7 Å². The van der Waals surface area contributed by atoms with Crippen molar-refractivity contribution >= 4 is 62.8 Å². The maximum absolute atomic E-state index is 12.4. The average molecular weight is 413 g/mol. The van der Waals surface area contributed by atoms with E-state index in [-0.39, 0.29) is 5.91 Å². The average Bonchev–Trinajstić information content (AvgIpc) is 3.07. The highest BCUT2D eigenvalue weighted by Crippen LogP contribution is 2.35. The first-order valence-corrected chi connectivity index (χ1v) is 10.1. The molecule has 3 nitrogen and oxygen atoms in total. The number of nitrogens with zero attached hydrogens (tertiary/aromatic N) is 2. The van der Waals surface area contributed by atoms with Crippen LogP contribution in [-0.4, -0.2) is 26.7 Å². The molecule has 1 aromatic heterocycles. The van der Waals surface area contributed by atoms with E-state index >= 15 is 0 Å². The van der Waals surface area contributed by atoms with Gasteiger partial charge in [0, 0.05) is 40.8 Å². The van der Waals surface area contributed by atoms with Crippen molar-refractivity contribution in [2.24, 2.45) is 0 Å². The SMILES string of the molecule is Cc1c(/C=C2/SC(=S)N(C)C2=O)c2ccccc2n1Cc1ccccc1Cl. The van der Waals surface area contributed by atoms with Crippen molar-refractivity contribution in [3.8, 4) is 0 Å². The Bertz CT molecular complexity index is 1120. The zero-order chi connectivity index (χ0) is 19.1. The van der Waals surface area contributed by atoms with Crippen LogP contribution in [0.5, 0.6) is 0 Å². The molecule has 136 valence electrons. The number of thioether (sulfide) groups is 1. The van der Waals surface area contributed by atoms with Crippen LogP contribution in [0.25, 0.3) is 17.0 Å². The lowest BCUT2D eigenvalue weighted by Crippen LogP contribution is -2.22. The summed E-state index contributed by atoms with van der Waals surface area (Å²) in [6, 6.07) is 16.1. The summed E-state index contributed by atoms with van der Waals surface area (Å²) in [5.41, 5.74) is 4.33. The first-order valence-electron chi connectivity index (χ1n) is 8.50. The third-order valence-electron chi connectivity index (χ3n) is 4.83. The molecule has 2 aromatic carbocycles. The lowest BCUT2D eigenvalue weighted by atomic mass is 10.1. The summed E-state index contributed by atoms with van der Waals surface area (Å²) < 4.78 is 2.83. The minimum absolute atomic E-state index is 0.0488. The number of hydrogen-bond acceptors (Lipinski definition) is 3. The Morgan fingerprint density at radius 3 is 2.56 bits per heavy atom. The highest BCUT2D eigenvalue weighted by Gasteiger charge is 2.29. The Morgan fingerprint density at radius 1 is 1.15 bits per heavy atom. The van der Waals surface area contributed by atoms with Crippen LogP contribution in [0.2, 0.25) is 5.02 Å². The number of amides is 1. The first-order chi connectivity index (χ1) is 13.0. The normalized spacial score (nSPS) is 16.1. The van der Waals surface area contributed by atoms with Crippen LogP contribution >= 0.6 is 35.6 Å². The fraction of sp³-hybridized carbons (Fsp3) is 0.143. The Morgan fingerprint density at radius 2 is 1.85 bits per heavy atom. The van der Waals surface area contributed by atoms with E-state index in [4.69, 9.17) is 23.8 Å². The standard InChI is InChI=1S/C21H17ClN2OS2/c1-13-16(11-19-20(25)23(2)21(26)27-19)15-8-4-6-10-18(15)24(13)12-14-7-3-5-9-17(14)22/h3-11H,12H2,1-2H3/b19-11+. The van der Waals surface area contributed by atoms with E-state index in [0.717, 1.165) is 32.7 Å². The topological polar surface area (TPSA) is 25.2 Å². The third kappa shape index (κ3) is 3.20. The number of carbonyl (C=O) groups is 1. The zero-order valence-corrected chi connectivity index (χ0v) is 17.3. The molecular formula is C21H17ClN2OS2. The first kappa shape index (κ1) is 18.3. The molecule has 1 amide bonds. The zero-order valence-electron chi connectivity index (χ0n) is 14.9. The van der Waals surface area contributed by atoms with Crippen LogP contribution in [0.3, 0.4) is 0 Å². The molecule has 1 fully saturated rings. The number of likely N-dealkylation sites (N-methyl/N-ethyl adjacent to an activating group) is 1. The van der Waals surface area contributed by atoms with Crippen LogP contribution in [0, 0.1) is 6.92 Å². The van der Waals surface area contributed by atoms with Crippen molar-refractivity contribution < 1.29 is 4.79 Å². The second kappa shape index (κ2) is 7.15. The van der Waals surface area contributed by atoms with Crippen LogP contribution in [-0.2, 0) is 11.3 Å². The predicted molar refractivity (Wildman–Crippen MR) is 118 cm³/mol. The monoisotopic (exact) mass is 412 g/mol. The van der Waals surface area contributed by atoms with E-state index in [0.29, 0.717) is 15.8 Å². The van der Waals surface area contributed by atoms with Crippen LogP contribution in [0.15, 0.2) is 53.4 Å². The van der Waals surface area contributed by atoms with E-state index in [2.05, 4.69) is 23.6 Å². The van der Waals surface area contributed by atoms with Gasteiger partial charge in [0.25, 0.3) is 5.91 Å². The second-order valence-corrected chi connectivity index (χ2v) is 8.52. The molecule has 6 heteroatoms. The number of rotatable bonds is 3. The maximum Gasteiger partial charge on any atom is 0.265 e. The highest BCUT2D eigenvalue weighted by atomic mass is 35.5. The van der Waals surface area contributed by atoms with Gasteiger partial charge in [-0.1, -0.05) is 72.0 Å². The van der Waals surface area contributed by atoms with Crippen molar-refractivity contribution in [1.29, 1.82) is 0 Å². The summed E-state index contributed by atoms with van der Waals surface area (Å²) in [6.45, 7) is 2.75. The van der Waals surface area contributed by atoms with E-state index < -0.39 is 0 Å². The number of halogens is 1. The molecular weight excluding hydrogens is 396 g/mol. The summed E-state index contributed by atoms with van der Waals surface area (Å²) in [5.74, 6) is -0.0488. The van der Waals surface area contributed by atoms with Gasteiger partial charge in [-0.25, -0.2) is 0 Å². The minimum Gasteiger partial charge on any atom is -0.340 e. The van der Waals surface area contributed by atoms with Gasteiger partial charge >= 0.3 is 0 Å². The smallest absolute Gasteiger partial charge is 0.265 e. The maximum atomic E-state index is 12.4. The molecule has 1 aliphatic rings. The molecule has 0 radical (unpaired) electrons. The molecule has 0 spiro atoms. The number of thiocarbonyl (C=S) groups is 1. The number of benzene rings is 2. The number of carbonyl (C=O) groups excluding carboxylic acids is 1. The van der Waals surface area contributed by atoms with Gasteiger partial charge in [0.2, 0.25) is 0 Å². The molecule has 0 saturated carbocycles. The molecule has 0 atom stereocenters. The molecule has 1 aliphatic heterocycles. The number of fused-ring (bicyclic) bond motifs is 1. The van der Waals surface area contributed by atoms with Crippen molar-refractivity contribution in [2.75, 3.05) is 7.05 Å². The fourth-order valence-electron chi connectivity index (χ4n) is 3.32. The summed E-state index contributed by atoms with van der Waals surface area (Å²) in [5, 5.41) is 1.87. The highest BCUT2D eigenvalue weighted by molar-refractivity contribution is 8.26. The summed E-state index contributed by atoms with van der Waals surface area (Å²) in [7, 11) is 1.71. The van der Waals surface area contributed by atoms with Gasteiger partial charge in [-0.2, -0.15) is 0 Å². The molecule has 1 saturated heterocycles. The second-order valence-electron chi connectivity index (χ2n) is 6.43. The molecule has 27 heavy (non-hydrogen) atoms. The van der Waals surface area contributed by atoms with Crippen LogP contribution < -0.4 is 0 Å². The molecule has 0 N–H and O–H groups in total. The van der Waals surface area contributed by atoms with Gasteiger partial charge in [-0.05, 0) is 30.7 Å². The van der Waals surface area contributed by atoms with Crippen molar-refractivity contribution in [2.45, 2.75) is 13.5 Å². The summed E-state index contributed by atoms with van der Waals surface area (Å²) >= 11 is 13.0. The van der Waals surface area contributed by atoms with E-state index in [1.807, 2.05) is 42.5 Å². The molecule has 2 heterocycles. The van der Waals surface area contributed by atoms with Crippen molar-refractivity contribution in [1.82, 2.24) is 9.47 Å². The Hall–Kier alpha value is -2.08. The lowest BCUT2D eigenvalue weighted by molar-refractivity contribution is -0.121. The lowest BCUT2D eigenvalue weighted by Gasteiger charge is -2.10. The Labute approximate surface area is 172 Å². The third-order valence-corrected chi connectivity index (χ3v) is 6.68. The van der Waals surface area contributed by atoms with Gasteiger partial charge in [-0.3, -0.25) is 9.69 Å². The quantitative estimate of drug-likeness (QED) is 0.420. The van der Waals surface area contributed by atoms with Crippen molar-refractivity contribution in [3.63, 3.8) is 0 Å². The van der Waals surface area contributed by atoms with Gasteiger partial charge < -0.3 is 4.57 Å². The van der Waals surface area contributed by atoms with E-state index in [9.17, 15) is 4.79 Å². The van der Waals surface area contributed by atoms with E-state index in [1.54, 1.807) is 7.05 Å². The van der Waals surface area contributed by atoms with Gasteiger partial charge in [0.1, 0.15) is 4.32 Å². The number of para-hydroxylation sites is 1. The predicted octanol–water partition coefficient (Wildman–Crippen LogP) is 5.48. The van der Waals surface area contributed by atoms with Gasteiger partial charge in [0.15, 0.2) is 0 Å². The fourth-order valence-corrected chi connectivity index (χ4v) is 4.67. The molecule has 0 aliphatic carbocycles. The Balaban J connectivity index is 1.86. The van der Waals surface area contributed by atoms with Crippen molar-refractivity contribution in [3.05, 3.63) is 75.3 Å². The molecule has 4 rings (SSSR count). The minimum atomic E-state index is -0.0488. The number of aromatic nitrogens is 1. The molecule has 0 unspecified atom stereocenters. The largest absolute Gasteiger partial charge is 0.340 e. The summed E-state index contributed by atoms with van der Waals surface area (Å²) in [6.07, 6.45) is 1.96. The van der Waals surface area contributed by atoms with Crippen LogP contribution in [0.1, 0.15) is 16.8 Å². The van der Waals surface area contributed by atoms with Crippen LogP contribution in [0.4, 0.5) is 0 Å². The molecule has 3 aromatic rings. The Kier molecular flexibility index (Phi) is 4.84. The summed E-state index contributed by atoms with van der Waals surface area (Å²) in [4.78, 5) is 14.6. The van der Waals surface area contributed by atoms with Gasteiger partial charge in [-0.15, -0.1) is 0 Å². The van der Waals surface area contributed by atoms with Gasteiger partial charge in [0.05, 0.1) is 4.91 Å².